The molecule has 0 aliphatic carbocycles. The molecule has 0 radical (unpaired) electrons. The van der Waals surface area contributed by atoms with Crippen LogP contribution in [-0.2, 0) is 15.8 Å². The number of ether oxygens (including phenoxy) is 1. The topological polar surface area (TPSA) is 58.6 Å². The van der Waals surface area contributed by atoms with Crippen LogP contribution in [0.15, 0.2) is 47.4 Å². The minimum absolute atomic E-state index is 0.0783. The van der Waals surface area contributed by atoms with E-state index in [1.807, 2.05) is 19.1 Å². The predicted octanol–water partition coefficient (Wildman–Crippen LogP) is 4.57. The molecule has 0 aromatic heterocycles. The molecule has 0 unspecified atom stereocenters. The lowest BCUT2D eigenvalue weighted by Crippen LogP contribution is -2.41. The van der Waals surface area contributed by atoms with Crippen molar-refractivity contribution in [3.8, 4) is 5.75 Å². The molecule has 0 bridgehead atoms. The number of halogens is 3. The number of rotatable bonds is 6. The fraction of sp³-hybridized carbons (Fsp3) is 0.300. The number of carbonyl (C=O) groups is 2. The van der Waals surface area contributed by atoms with E-state index < -0.39 is 17.6 Å². The molecular formula is C20H19F3N2O3S. The molecular weight excluding hydrogens is 405 g/mol. The molecule has 9 heteroatoms. The Morgan fingerprint density at radius 1 is 1.24 bits per heavy atom. The van der Waals surface area contributed by atoms with Crippen molar-refractivity contribution in [1.29, 1.82) is 0 Å². The maximum Gasteiger partial charge on any atom is 0.416 e. The van der Waals surface area contributed by atoms with Gasteiger partial charge < -0.3 is 15.0 Å². The molecule has 3 rings (SSSR count). The lowest BCUT2D eigenvalue weighted by molar-refractivity contribution is -0.137. The summed E-state index contributed by atoms with van der Waals surface area (Å²) in [5.74, 6) is -0.510. The first-order valence-corrected chi connectivity index (χ1v) is 9.94. The molecule has 0 saturated carbocycles. The SMILES string of the molecule is CCCOc1ccc(C(F)(F)F)cc1NC(=O)CN1C(=O)CSc2ccccc21. The molecule has 154 valence electrons. The van der Waals surface area contributed by atoms with E-state index in [0.717, 1.165) is 17.0 Å². The number of nitrogens with zero attached hydrogens (tertiary/aromatic N) is 1. The summed E-state index contributed by atoms with van der Waals surface area (Å²) in [4.78, 5) is 27.1. The summed E-state index contributed by atoms with van der Waals surface area (Å²) in [5, 5.41) is 2.47. The zero-order chi connectivity index (χ0) is 21.0. The Morgan fingerprint density at radius 3 is 2.72 bits per heavy atom. The molecule has 29 heavy (non-hydrogen) atoms. The minimum Gasteiger partial charge on any atom is -0.491 e. The van der Waals surface area contributed by atoms with Crippen LogP contribution < -0.4 is 15.0 Å². The van der Waals surface area contributed by atoms with E-state index in [2.05, 4.69) is 5.32 Å². The van der Waals surface area contributed by atoms with E-state index in [1.165, 1.54) is 22.7 Å². The van der Waals surface area contributed by atoms with Crippen LogP contribution in [0, 0.1) is 0 Å². The summed E-state index contributed by atoms with van der Waals surface area (Å²) in [6, 6.07) is 10.1. The third-order valence-corrected chi connectivity index (χ3v) is 5.20. The number of anilines is 2. The number of amides is 2. The van der Waals surface area contributed by atoms with Gasteiger partial charge in [-0.25, -0.2) is 0 Å². The van der Waals surface area contributed by atoms with Gasteiger partial charge in [0.05, 0.1) is 29.3 Å². The summed E-state index contributed by atoms with van der Waals surface area (Å²) in [7, 11) is 0. The Balaban J connectivity index is 1.82. The average Bonchev–Trinajstić information content (AvgIpc) is 2.68. The third-order valence-electron chi connectivity index (χ3n) is 4.15. The van der Waals surface area contributed by atoms with Crippen LogP contribution in [0.4, 0.5) is 24.5 Å². The van der Waals surface area contributed by atoms with Gasteiger partial charge in [-0.2, -0.15) is 13.2 Å². The first-order chi connectivity index (χ1) is 13.8. The van der Waals surface area contributed by atoms with Gasteiger partial charge in [-0.15, -0.1) is 11.8 Å². The normalized spacial score (nSPS) is 13.8. The van der Waals surface area contributed by atoms with Crippen molar-refractivity contribution in [3.63, 3.8) is 0 Å². The quantitative estimate of drug-likeness (QED) is 0.738. The van der Waals surface area contributed by atoms with Crippen molar-refractivity contribution in [1.82, 2.24) is 0 Å². The number of carbonyl (C=O) groups excluding carboxylic acids is 2. The summed E-state index contributed by atoms with van der Waals surface area (Å²) in [6.45, 7) is 1.85. The van der Waals surface area contributed by atoms with Gasteiger partial charge in [0.2, 0.25) is 11.8 Å². The molecule has 1 heterocycles. The highest BCUT2D eigenvalue weighted by Crippen LogP contribution is 2.36. The highest BCUT2D eigenvalue weighted by Gasteiger charge is 2.32. The van der Waals surface area contributed by atoms with Gasteiger partial charge in [0, 0.05) is 4.90 Å². The highest BCUT2D eigenvalue weighted by atomic mass is 32.2. The maximum atomic E-state index is 13.1. The molecule has 1 N–H and O–H groups in total. The van der Waals surface area contributed by atoms with E-state index in [4.69, 9.17) is 4.74 Å². The second-order valence-electron chi connectivity index (χ2n) is 6.34. The van der Waals surface area contributed by atoms with Crippen LogP contribution in [0.5, 0.6) is 5.75 Å². The van der Waals surface area contributed by atoms with E-state index in [1.54, 1.807) is 12.1 Å². The van der Waals surface area contributed by atoms with Gasteiger partial charge in [0.15, 0.2) is 0 Å². The zero-order valence-corrected chi connectivity index (χ0v) is 16.4. The van der Waals surface area contributed by atoms with Crippen LogP contribution in [0.3, 0.4) is 0 Å². The standard InChI is InChI=1S/C20H19F3N2O3S/c1-2-9-28-16-8-7-13(20(21,22)23)10-14(16)24-18(26)11-25-15-5-3-4-6-17(15)29-12-19(25)27/h3-8,10H,2,9,11-12H2,1H3,(H,24,26). The Kier molecular flexibility index (Phi) is 6.36. The number of para-hydroxylation sites is 1. The molecule has 0 fully saturated rings. The van der Waals surface area contributed by atoms with E-state index in [0.29, 0.717) is 18.7 Å². The highest BCUT2D eigenvalue weighted by molar-refractivity contribution is 8.00. The fourth-order valence-electron chi connectivity index (χ4n) is 2.80. The second-order valence-corrected chi connectivity index (χ2v) is 7.36. The number of hydrogen-bond donors (Lipinski definition) is 1. The average molecular weight is 424 g/mol. The van der Waals surface area contributed by atoms with Gasteiger partial charge in [-0.1, -0.05) is 19.1 Å². The van der Waals surface area contributed by atoms with E-state index in [-0.39, 0.29) is 29.6 Å². The van der Waals surface area contributed by atoms with Crippen molar-refractivity contribution in [2.45, 2.75) is 24.4 Å². The van der Waals surface area contributed by atoms with Crippen LogP contribution in [0.1, 0.15) is 18.9 Å². The number of thioether (sulfide) groups is 1. The predicted molar refractivity (Wildman–Crippen MR) is 105 cm³/mol. The van der Waals surface area contributed by atoms with Gasteiger partial charge in [-0.3, -0.25) is 9.59 Å². The van der Waals surface area contributed by atoms with Gasteiger partial charge >= 0.3 is 6.18 Å². The molecule has 0 spiro atoms. The summed E-state index contributed by atoms with van der Waals surface area (Å²) < 4.78 is 44.7. The Labute approximate surface area is 170 Å². The zero-order valence-electron chi connectivity index (χ0n) is 15.6. The van der Waals surface area contributed by atoms with E-state index >= 15 is 0 Å². The summed E-state index contributed by atoms with van der Waals surface area (Å²) >= 11 is 1.38. The third kappa shape index (κ3) is 5.03. The second kappa shape index (κ2) is 8.77. The number of hydrogen-bond acceptors (Lipinski definition) is 4. The van der Waals surface area contributed by atoms with Crippen molar-refractivity contribution in [2.75, 3.05) is 29.1 Å². The number of fused-ring (bicyclic) bond motifs is 1. The first-order valence-electron chi connectivity index (χ1n) is 8.95. The lowest BCUT2D eigenvalue weighted by atomic mass is 10.1. The van der Waals surface area contributed by atoms with Crippen molar-refractivity contribution in [3.05, 3.63) is 48.0 Å². The van der Waals surface area contributed by atoms with E-state index in [9.17, 15) is 22.8 Å². The van der Waals surface area contributed by atoms with Crippen LogP contribution >= 0.6 is 11.8 Å². The molecule has 0 saturated heterocycles. The molecule has 0 atom stereocenters. The van der Waals surface area contributed by atoms with Crippen LogP contribution in [0.2, 0.25) is 0 Å². The fourth-order valence-corrected chi connectivity index (χ4v) is 3.74. The molecule has 2 amide bonds. The number of benzene rings is 2. The number of alkyl halides is 3. The minimum atomic E-state index is -4.55. The lowest BCUT2D eigenvalue weighted by Gasteiger charge is -2.28. The molecule has 2 aromatic carbocycles. The summed E-state index contributed by atoms with van der Waals surface area (Å²) in [5.41, 5.74) is -0.367. The Morgan fingerprint density at radius 2 is 2.00 bits per heavy atom. The van der Waals surface area contributed by atoms with Crippen molar-refractivity contribution < 1.29 is 27.5 Å². The van der Waals surface area contributed by atoms with Crippen LogP contribution in [0.25, 0.3) is 0 Å². The van der Waals surface area contributed by atoms with Crippen molar-refractivity contribution >= 4 is 35.0 Å². The molecule has 2 aromatic rings. The molecule has 1 aliphatic heterocycles. The maximum absolute atomic E-state index is 13.1. The largest absolute Gasteiger partial charge is 0.491 e. The first kappa shape index (κ1) is 21.0. The van der Waals surface area contributed by atoms with Crippen molar-refractivity contribution in [2.24, 2.45) is 0 Å². The monoisotopic (exact) mass is 424 g/mol. The Hall–Kier alpha value is -2.68. The van der Waals surface area contributed by atoms with Gasteiger partial charge in [0.1, 0.15) is 12.3 Å². The smallest absolute Gasteiger partial charge is 0.416 e. The molecule has 5 nitrogen and oxygen atoms in total. The Bertz CT molecular complexity index is 918. The van der Waals surface area contributed by atoms with Crippen LogP contribution in [-0.4, -0.2) is 30.7 Å². The van der Waals surface area contributed by atoms with Gasteiger partial charge in [-0.05, 0) is 36.8 Å². The van der Waals surface area contributed by atoms with Gasteiger partial charge in [0.25, 0.3) is 0 Å². The molecule has 1 aliphatic rings. The number of nitrogens with one attached hydrogen (secondary N) is 1. The summed E-state index contributed by atoms with van der Waals surface area (Å²) in [6.07, 6.45) is -3.90.